The lowest BCUT2D eigenvalue weighted by atomic mass is 10.1. The summed E-state index contributed by atoms with van der Waals surface area (Å²) in [5.74, 6) is 0.533. The van der Waals surface area contributed by atoms with Crippen molar-refractivity contribution in [1.29, 1.82) is 0 Å². The molecule has 3 nitrogen and oxygen atoms in total. The molecule has 2 heterocycles. The molecule has 0 bridgehead atoms. The van der Waals surface area contributed by atoms with Crippen LogP contribution >= 0.6 is 35.6 Å². The van der Waals surface area contributed by atoms with E-state index in [0.717, 1.165) is 23.9 Å². The van der Waals surface area contributed by atoms with Crippen molar-refractivity contribution in [2.75, 3.05) is 0 Å². The minimum atomic E-state index is -4.48. The third-order valence-electron chi connectivity index (χ3n) is 3.10. The summed E-state index contributed by atoms with van der Waals surface area (Å²) in [6.07, 6.45) is -2.94. The molecule has 9 heteroatoms. The topological polar surface area (TPSA) is 42.2 Å². The van der Waals surface area contributed by atoms with Crippen LogP contribution in [-0.4, -0.2) is 10.2 Å². The van der Waals surface area contributed by atoms with Gasteiger partial charge in [-0.15, -0.1) is 0 Å². The van der Waals surface area contributed by atoms with Crippen molar-refractivity contribution in [2.24, 2.45) is 0 Å². The predicted octanol–water partition coefficient (Wildman–Crippen LogP) is 5.74. The lowest BCUT2D eigenvalue weighted by Gasteiger charge is -2.09. The molecule has 1 aliphatic heterocycles. The highest BCUT2D eigenvalue weighted by atomic mass is 35.5. The van der Waals surface area contributed by atoms with Gasteiger partial charge in [-0.05, 0) is 48.2 Å². The van der Waals surface area contributed by atoms with Crippen molar-refractivity contribution in [3.63, 3.8) is 0 Å². The lowest BCUT2D eigenvalue weighted by Crippen LogP contribution is -2.15. The quantitative estimate of drug-likeness (QED) is 0.525. The molecular weight excluding hydrogens is 383 g/mol. The van der Waals surface area contributed by atoms with E-state index in [9.17, 15) is 18.0 Å². The molecule has 1 aromatic carbocycles. The van der Waals surface area contributed by atoms with Crippen molar-refractivity contribution in [2.45, 2.75) is 6.18 Å². The number of furan rings is 1. The van der Waals surface area contributed by atoms with Gasteiger partial charge in [0.1, 0.15) is 16.5 Å². The van der Waals surface area contributed by atoms with Crippen LogP contribution in [0.2, 0.25) is 5.02 Å². The Balaban J connectivity index is 1.95. The van der Waals surface area contributed by atoms with Gasteiger partial charge in [-0.3, -0.25) is 4.79 Å². The number of amides is 1. The molecular formula is C15H7ClF3NO2S2. The van der Waals surface area contributed by atoms with Crippen LogP contribution in [-0.2, 0) is 6.18 Å². The summed E-state index contributed by atoms with van der Waals surface area (Å²) in [6.45, 7) is 0. The minimum Gasteiger partial charge on any atom is -0.457 e. The molecule has 1 fully saturated rings. The molecule has 1 amide bonds. The Morgan fingerprint density at radius 2 is 2.00 bits per heavy atom. The van der Waals surface area contributed by atoms with Gasteiger partial charge in [-0.25, -0.2) is 0 Å². The molecule has 0 aliphatic carbocycles. The van der Waals surface area contributed by atoms with Gasteiger partial charge >= 0.3 is 6.18 Å². The molecule has 24 heavy (non-hydrogen) atoms. The number of thiocarbonyl (C=S) groups is 1. The average Bonchev–Trinajstić information content (AvgIpc) is 3.05. The van der Waals surface area contributed by atoms with Crippen LogP contribution in [0.3, 0.4) is 0 Å². The first-order valence-corrected chi connectivity index (χ1v) is 8.06. The third-order valence-corrected chi connectivity index (χ3v) is 4.71. The summed E-state index contributed by atoms with van der Waals surface area (Å²) in [6, 6.07) is 6.07. The van der Waals surface area contributed by atoms with Crippen molar-refractivity contribution < 1.29 is 22.4 Å². The summed E-state index contributed by atoms with van der Waals surface area (Å²) in [7, 11) is 0. The van der Waals surface area contributed by atoms with E-state index in [1.807, 2.05) is 0 Å². The smallest absolute Gasteiger partial charge is 0.416 e. The molecule has 3 rings (SSSR count). The number of benzene rings is 1. The van der Waals surface area contributed by atoms with Crippen molar-refractivity contribution in [3.05, 3.63) is 51.6 Å². The zero-order valence-electron chi connectivity index (χ0n) is 11.6. The number of hydrogen-bond acceptors (Lipinski definition) is 4. The zero-order chi connectivity index (χ0) is 17.5. The monoisotopic (exact) mass is 389 g/mol. The van der Waals surface area contributed by atoms with E-state index in [4.69, 9.17) is 28.2 Å². The van der Waals surface area contributed by atoms with Gasteiger partial charge in [0.15, 0.2) is 0 Å². The second kappa shape index (κ2) is 6.27. The molecule has 124 valence electrons. The Kier molecular flexibility index (Phi) is 4.46. The Morgan fingerprint density at radius 3 is 2.62 bits per heavy atom. The first kappa shape index (κ1) is 17.1. The zero-order valence-corrected chi connectivity index (χ0v) is 14.0. The van der Waals surface area contributed by atoms with E-state index in [-0.39, 0.29) is 26.6 Å². The number of halogens is 4. The SMILES string of the molecule is O=C1NC(=S)C(=Cc2ccc(-c3cc(C(F)(F)F)ccc3Cl)o2)S1. The molecule has 0 unspecified atom stereocenters. The minimum absolute atomic E-state index is 0.131. The predicted molar refractivity (Wildman–Crippen MR) is 90.9 cm³/mol. The maximum Gasteiger partial charge on any atom is 0.416 e. The fourth-order valence-corrected chi connectivity index (χ4v) is 3.24. The molecule has 1 aromatic heterocycles. The first-order valence-electron chi connectivity index (χ1n) is 6.46. The van der Waals surface area contributed by atoms with E-state index in [1.165, 1.54) is 18.2 Å². The normalized spacial score (nSPS) is 16.8. The molecule has 0 atom stereocenters. The second-order valence-corrected chi connectivity index (χ2v) is 6.58. The Bertz CT molecular complexity index is 874. The van der Waals surface area contributed by atoms with Gasteiger partial charge in [0, 0.05) is 5.56 Å². The van der Waals surface area contributed by atoms with Gasteiger partial charge < -0.3 is 9.73 Å². The van der Waals surface area contributed by atoms with E-state index in [2.05, 4.69) is 5.32 Å². The highest BCUT2D eigenvalue weighted by Gasteiger charge is 2.31. The summed E-state index contributed by atoms with van der Waals surface area (Å²) < 4.78 is 44.0. The highest BCUT2D eigenvalue weighted by Crippen LogP contribution is 2.37. The van der Waals surface area contributed by atoms with Crippen molar-refractivity contribution in [1.82, 2.24) is 5.32 Å². The summed E-state index contributed by atoms with van der Waals surface area (Å²) in [5, 5.41) is 2.30. The van der Waals surface area contributed by atoms with Crippen molar-refractivity contribution >= 4 is 51.9 Å². The van der Waals surface area contributed by atoms with Crippen LogP contribution in [0.25, 0.3) is 17.4 Å². The van der Waals surface area contributed by atoms with Gasteiger partial charge in [-0.2, -0.15) is 13.2 Å². The molecule has 1 saturated heterocycles. The maximum absolute atomic E-state index is 12.8. The number of nitrogens with one attached hydrogen (secondary N) is 1. The standard InChI is InChI=1S/C15H7ClF3NO2S2/c16-10-3-1-7(15(17,18)19)5-9(10)11-4-2-8(22-11)6-12-13(23)20-14(21)24-12/h1-6H,(H,20,21,23). The van der Waals surface area contributed by atoms with Crippen LogP contribution in [0.4, 0.5) is 18.0 Å². The molecule has 1 aliphatic rings. The number of rotatable bonds is 2. The third kappa shape index (κ3) is 3.50. The Labute approximate surface area is 148 Å². The lowest BCUT2D eigenvalue weighted by molar-refractivity contribution is -0.137. The van der Waals surface area contributed by atoms with Gasteiger partial charge in [0.25, 0.3) is 5.24 Å². The number of thioether (sulfide) groups is 1. The van der Waals surface area contributed by atoms with Gasteiger partial charge in [0.05, 0.1) is 15.5 Å². The van der Waals surface area contributed by atoms with Crippen LogP contribution in [0, 0.1) is 0 Å². The maximum atomic E-state index is 12.8. The fraction of sp³-hybridized carbons (Fsp3) is 0.0667. The van der Waals surface area contributed by atoms with Gasteiger partial charge in [0.2, 0.25) is 0 Å². The summed E-state index contributed by atoms with van der Waals surface area (Å²) in [4.78, 5) is 12.0. The molecule has 2 aromatic rings. The molecule has 0 radical (unpaired) electrons. The highest BCUT2D eigenvalue weighted by molar-refractivity contribution is 8.19. The fourth-order valence-electron chi connectivity index (χ4n) is 2.02. The molecule has 1 N–H and O–H groups in total. The van der Waals surface area contributed by atoms with E-state index < -0.39 is 11.7 Å². The van der Waals surface area contributed by atoms with Gasteiger partial charge in [-0.1, -0.05) is 23.8 Å². The second-order valence-electron chi connectivity index (χ2n) is 4.75. The molecule has 0 saturated carbocycles. The first-order chi connectivity index (χ1) is 11.2. The van der Waals surface area contributed by atoms with Crippen LogP contribution in [0.15, 0.2) is 39.7 Å². The Hall–Kier alpha value is -1.77. The molecule has 0 spiro atoms. The van der Waals surface area contributed by atoms with Crippen LogP contribution < -0.4 is 5.32 Å². The van der Waals surface area contributed by atoms with E-state index >= 15 is 0 Å². The summed E-state index contributed by atoms with van der Waals surface area (Å²) >= 11 is 11.9. The number of hydrogen-bond donors (Lipinski definition) is 1. The number of alkyl halides is 3. The number of carbonyl (C=O) groups excluding carboxylic acids is 1. The summed E-state index contributed by atoms with van der Waals surface area (Å²) in [5.41, 5.74) is -0.687. The van der Waals surface area contributed by atoms with Crippen molar-refractivity contribution in [3.8, 4) is 11.3 Å². The largest absolute Gasteiger partial charge is 0.457 e. The van der Waals surface area contributed by atoms with E-state index in [1.54, 1.807) is 6.07 Å². The van der Waals surface area contributed by atoms with E-state index in [0.29, 0.717) is 10.7 Å². The van der Waals surface area contributed by atoms with Crippen LogP contribution in [0.1, 0.15) is 11.3 Å². The van der Waals surface area contributed by atoms with Crippen LogP contribution in [0.5, 0.6) is 0 Å². The average molecular weight is 390 g/mol. The number of carbonyl (C=O) groups is 1. The Morgan fingerprint density at radius 1 is 1.25 bits per heavy atom.